The van der Waals surface area contributed by atoms with Crippen LogP contribution in [0.2, 0.25) is 5.02 Å². The minimum atomic E-state index is 0.130. The molecule has 0 aliphatic carbocycles. The van der Waals surface area contributed by atoms with Crippen molar-refractivity contribution in [2.45, 2.75) is 25.9 Å². The van der Waals surface area contributed by atoms with Crippen LogP contribution in [0, 0.1) is 0 Å². The molecule has 1 heterocycles. The first kappa shape index (κ1) is 13.0. The van der Waals surface area contributed by atoms with Crippen LogP contribution in [0.3, 0.4) is 0 Å². The molecule has 94 valence electrons. The Morgan fingerprint density at radius 1 is 1.11 bits per heavy atom. The van der Waals surface area contributed by atoms with E-state index in [1.54, 1.807) is 18.6 Å². The van der Waals surface area contributed by atoms with Crippen molar-refractivity contribution >= 4 is 11.6 Å². The van der Waals surface area contributed by atoms with Gasteiger partial charge in [0.05, 0.1) is 5.69 Å². The van der Waals surface area contributed by atoms with Crippen LogP contribution < -0.4 is 5.32 Å². The van der Waals surface area contributed by atoms with Crippen LogP contribution in [0.25, 0.3) is 0 Å². The molecule has 0 aliphatic rings. The number of halogens is 1. The Kier molecular flexibility index (Phi) is 4.28. The Labute approximate surface area is 112 Å². The van der Waals surface area contributed by atoms with E-state index in [4.69, 9.17) is 11.6 Å². The minimum absolute atomic E-state index is 0.130. The molecule has 18 heavy (non-hydrogen) atoms. The average Bonchev–Trinajstić information content (AvgIpc) is 2.40. The van der Waals surface area contributed by atoms with Crippen molar-refractivity contribution in [3.63, 3.8) is 0 Å². The molecule has 1 aromatic carbocycles. The summed E-state index contributed by atoms with van der Waals surface area (Å²) in [5, 5.41) is 4.25. The number of hydrogen-bond acceptors (Lipinski definition) is 3. The van der Waals surface area contributed by atoms with E-state index in [1.807, 2.05) is 24.3 Å². The maximum atomic E-state index is 6.18. The molecular weight excluding hydrogens is 246 g/mol. The minimum Gasteiger partial charge on any atom is -0.302 e. The summed E-state index contributed by atoms with van der Waals surface area (Å²) in [6.07, 6.45) is 5.15. The number of nitrogens with zero attached hydrogens (tertiary/aromatic N) is 2. The van der Waals surface area contributed by atoms with Gasteiger partial charge in [0.15, 0.2) is 0 Å². The van der Waals surface area contributed by atoms with Crippen LogP contribution in [-0.4, -0.2) is 9.97 Å². The Balaban J connectivity index is 2.08. The second kappa shape index (κ2) is 5.94. The van der Waals surface area contributed by atoms with Gasteiger partial charge in [0.25, 0.3) is 0 Å². The Hall–Kier alpha value is -1.45. The zero-order valence-electron chi connectivity index (χ0n) is 10.5. The van der Waals surface area contributed by atoms with E-state index in [2.05, 4.69) is 29.1 Å². The van der Waals surface area contributed by atoms with Crippen molar-refractivity contribution in [1.29, 1.82) is 0 Å². The van der Waals surface area contributed by atoms with Gasteiger partial charge < -0.3 is 5.32 Å². The molecule has 0 aliphatic heterocycles. The van der Waals surface area contributed by atoms with Gasteiger partial charge in [-0.3, -0.25) is 9.97 Å². The lowest BCUT2D eigenvalue weighted by Crippen LogP contribution is -2.23. The molecule has 0 bridgehead atoms. The van der Waals surface area contributed by atoms with Gasteiger partial charge in [0.2, 0.25) is 0 Å². The molecule has 0 amide bonds. The van der Waals surface area contributed by atoms with Crippen molar-refractivity contribution in [2.75, 3.05) is 0 Å². The van der Waals surface area contributed by atoms with Crippen LogP contribution in [-0.2, 0) is 0 Å². The van der Waals surface area contributed by atoms with Crippen molar-refractivity contribution in [1.82, 2.24) is 15.3 Å². The highest BCUT2D eigenvalue weighted by molar-refractivity contribution is 6.31. The lowest BCUT2D eigenvalue weighted by molar-refractivity contribution is 0.485. The summed E-state index contributed by atoms with van der Waals surface area (Å²) in [5.74, 6) is 0. The van der Waals surface area contributed by atoms with E-state index in [-0.39, 0.29) is 12.1 Å². The molecule has 2 atom stereocenters. The predicted octanol–water partition coefficient (Wildman–Crippen LogP) is 3.54. The molecule has 1 N–H and O–H groups in total. The van der Waals surface area contributed by atoms with E-state index < -0.39 is 0 Å². The van der Waals surface area contributed by atoms with E-state index in [0.29, 0.717) is 0 Å². The van der Waals surface area contributed by atoms with Gasteiger partial charge in [-0.25, -0.2) is 0 Å². The van der Waals surface area contributed by atoms with E-state index >= 15 is 0 Å². The largest absolute Gasteiger partial charge is 0.302 e. The van der Waals surface area contributed by atoms with Gasteiger partial charge in [-0.15, -0.1) is 0 Å². The van der Waals surface area contributed by atoms with Gasteiger partial charge in [0.1, 0.15) is 0 Å². The van der Waals surface area contributed by atoms with Gasteiger partial charge in [-0.05, 0) is 25.5 Å². The summed E-state index contributed by atoms with van der Waals surface area (Å²) in [6, 6.07) is 8.16. The SMILES string of the molecule is CC(N[C@H](C)c1ccccc1Cl)c1cnccn1. The summed E-state index contributed by atoms with van der Waals surface area (Å²) in [6.45, 7) is 4.16. The normalized spacial score (nSPS) is 14.2. The molecule has 1 aromatic heterocycles. The quantitative estimate of drug-likeness (QED) is 0.915. The van der Waals surface area contributed by atoms with Crippen molar-refractivity contribution in [3.8, 4) is 0 Å². The second-order valence-corrected chi connectivity index (χ2v) is 4.67. The standard InChI is InChI=1S/C14H16ClN3/c1-10(12-5-3-4-6-13(12)15)18-11(2)14-9-16-7-8-17-14/h3-11,18H,1-2H3/t10-,11?/m1/s1. The highest BCUT2D eigenvalue weighted by atomic mass is 35.5. The zero-order chi connectivity index (χ0) is 13.0. The third kappa shape index (κ3) is 3.06. The van der Waals surface area contributed by atoms with Gasteiger partial charge in [0, 0.05) is 35.7 Å². The first-order chi connectivity index (χ1) is 8.68. The number of nitrogens with one attached hydrogen (secondary N) is 1. The number of hydrogen-bond donors (Lipinski definition) is 1. The highest BCUT2D eigenvalue weighted by Gasteiger charge is 2.13. The summed E-state index contributed by atoms with van der Waals surface area (Å²) < 4.78 is 0. The zero-order valence-corrected chi connectivity index (χ0v) is 11.2. The van der Waals surface area contributed by atoms with Crippen LogP contribution in [0.5, 0.6) is 0 Å². The molecule has 0 fully saturated rings. The molecular formula is C14H16ClN3. The summed E-state index contributed by atoms with van der Waals surface area (Å²) >= 11 is 6.18. The lowest BCUT2D eigenvalue weighted by Gasteiger charge is -2.20. The van der Waals surface area contributed by atoms with Crippen LogP contribution in [0.1, 0.15) is 37.2 Å². The number of rotatable bonds is 4. The first-order valence-corrected chi connectivity index (χ1v) is 6.32. The van der Waals surface area contributed by atoms with Crippen molar-refractivity contribution in [3.05, 3.63) is 59.1 Å². The molecule has 0 radical (unpaired) electrons. The smallest absolute Gasteiger partial charge is 0.0753 e. The van der Waals surface area contributed by atoms with E-state index in [9.17, 15) is 0 Å². The molecule has 3 nitrogen and oxygen atoms in total. The highest BCUT2D eigenvalue weighted by Crippen LogP contribution is 2.24. The topological polar surface area (TPSA) is 37.8 Å². The van der Waals surface area contributed by atoms with Gasteiger partial charge in [-0.2, -0.15) is 0 Å². The summed E-state index contributed by atoms with van der Waals surface area (Å²) in [4.78, 5) is 8.36. The van der Waals surface area contributed by atoms with E-state index in [0.717, 1.165) is 16.3 Å². The van der Waals surface area contributed by atoms with E-state index in [1.165, 1.54) is 0 Å². The molecule has 4 heteroatoms. The Morgan fingerprint density at radius 2 is 1.89 bits per heavy atom. The fraction of sp³-hybridized carbons (Fsp3) is 0.286. The van der Waals surface area contributed by atoms with Crippen molar-refractivity contribution < 1.29 is 0 Å². The van der Waals surface area contributed by atoms with Gasteiger partial charge >= 0.3 is 0 Å². The number of aromatic nitrogens is 2. The Morgan fingerprint density at radius 3 is 2.56 bits per heavy atom. The molecule has 2 rings (SSSR count). The molecule has 0 saturated carbocycles. The molecule has 1 unspecified atom stereocenters. The number of benzene rings is 1. The van der Waals surface area contributed by atoms with Crippen molar-refractivity contribution in [2.24, 2.45) is 0 Å². The summed E-state index contributed by atoms with van der Waals surface area (Å²) in [7, 11) is 0. The monoisotopic (exact) mass is 261 g/mol. The fourth-order valence-electron chi connectivity index (χ4n) is 1.91. The van der Waals surface area contributed by atoms with Crippen LogP contribution in [0.4, 0.5) is 0 Å². The summed E-state index contributed by atoms with van der Waals surface area (Å²) in [5.41, 5.74) is 2.02. The maximum absolute atomic E-state index is 6.18. The third-order valence-electron chi connectivity index (χ3n) is 2.90. The second-order valence-electron chi connectivity index (χ2n) is 4.26. The lowest BCUT2D eigenvalue weighted by atomic mass is 10.1. The van der Waals surface area contributed by atoms with Crippen LogP contribution in [0.15, 0.2) is 42.9 Å². The molecule has 2 aromatic rings. The fourth-order valence-corrected chi connectivity index (χ4v) is 2.21. The predicted molar refractivity (Wildman–Crippen MR) is 73.4 cm³/mol. The molecule has 0 saturated heterocycles. The van der Waals surface area contributed by atoms with Crippen LogP contribution >= 0.6 is 11.6 Å². The average molecular weight is 262 g/mol. The third-order valence-corrected chi connectivity index (χ3v) is 3.24. The first-order valence-electron chi connectivity index (χ1n) is 5.95. The maximum Gasteiger partial charge on any atom is 0.0753 e. The van der Waals surface area contributed by atoms with Gasteiger partial charge in [-0.1, -0.05) is 29.8 Å². The Bertz CT molecular complexity index is 501. The molecule has 0 spiro atoms.